The molecule has 4 N–H and O–H groups in total. The molecule has 0 saturated heterocycles. The van der Waals surface area contributed by atoms with Crippen molar-refractivity contribution in [1.82, 2.24) is 9.29 Å². The van der Waals surface area contributed by atoms with E-state index in [1.54, 1.807) is 20.8 Å². The Labute approximate surface area is 123 Å². The van der Waals surface area contributed by atoms with Crippen LogP contribution in [0.2, 0.25) is 0 Å². The number of nitrogens with one attached hydrogen (secondary N) is 1. The van der Waals surface area contributed by atoms with E-state index in [1.807, 2.05) is 0 Å². The Morgan fingerprint density at radius 1 is 1.43 bits per heavy atom. The standard InChI is InChI=1S/C12H19N3O5S/c1-4-15-6-8(5-9(15)12(17)18)21(19,20)14-10(7(2)3)11(13)16/h5-7,10,14H,4H2,1-3H3,(H2,13,16)(H,17,18). The van der Waals surface area contributed by atoms with E-state index < -0.39 is 27.9 Å². The monoisotopic (exact) mass is 317 g/mol. The summed E-state index contributed by atoms with van der Waals surface area (Å²) in [6.07, 6.45) is 1.21. The fraction of sp³-hybridized carbons (Fsp3) is 0.500. The van der Waals surface area contributed by atoms with E-state index in [0.29, 0.717) is 6.54 Å². The predicted octanol–water partition coefficient (Wildman–Crippen LogP) is -0.00560. The van der Waals surface area contributed by atoms with Gasteiger partial charge in [0, 0.05) is 12.7 Å². The normalized spacial score (nSPS) is 13.3. The number of nitrogens with zero attached hydrogens (tertiary/aromatic N) is 1. The van der Waals surface area contributed by atoms with Gasteiger partial charge in [0.15, 0.2) is 0 Å². The van der Waals surface area contributed by atoms with Gasteiger partial charge in [0.1, 0.15) is 16.6 Å². The van der Waals surface area contributed by atoms with Crippen LogP contribution in [0.3, 0.4) is 0 Å². The molecule has 0 aromatic carbocycles. The molecule has 0 aliphatic heterocycles. The summed E-state index contributed by atoms with van der Waals surface area (Å²) in [5, 5.41) is 9.02. The van der Waals surface area contributed by atoms with Crippen molar-refractivity contribution in [2.75, 3.05) is 0 Å². The first kappa shape index (κ1) is 17.2. The van der Waals surface area contributed by atoms with Gasteiger partial charge >= 0.3 is 5.97 Å². The highest BCUT2D eigenvalue weighted by Crippen LogP contribution is 2.16. The van der Waals surface area contributed by atoms with E-state index in [0.717, 1.165) is 6.07 Å². The fourth-order valence-corrected chi connectivity index (χ4v) is 3.22. The van der Waals surface area contributed by atoms with Crippen molar-refractivity contribution >= 4 is 21.9 Å². The molecule has 1 aromatic rings. The molecule has 118 valence electrons. The first-order valence-corrected chi connectivity index (χ1v) is 7.83. The summed E-state index contributed by atoms with van der Waals surface area (Å²) in [6.45, 7) is 5.30. The van der Waals surface area contributed by atoms with Gasteiger partial charge in [-0.1, -0.05) is 13.8 Å². The number of aryl methyl sites for hydroxylation is 1. The molecule has 0 saturated carbocycles. The number of primary amides is 1. The Morgan fingerprint density at radius 3 is 2.33 bits per heavy atom. The van der Waals surface area contributed by atoms with Crippen LogP contribution in [0.15, 0.2) is 17.2 Å². The molecule has 0 spiro atoms. The molecule has 21 heavy (non-hydrogen) atoms. The van der Waals surface area contributed by atoms with Crippen molar-refractivity contribution in [2.24, 2.45) is 11.7 Å². The van der Waals surface area contributed by atoms with Crippen LogP contribution in [-0.2, 0) is 21.4 Å². The second-order valence-electron chi connectivity index (χ2n) is 4.90. The zero-order valence-corrected chi connectivity index (χ0v) is 12.8. The van der Waals surface area contributed by atoms with E-state index in [1.165, 1.54) is 10.8 Å². The Kier molecular flexibility index (Phi) is 5.13. The predicted molar refractivity (Wildman–Crippen MR) is 75.2 cm³/mol. The summed E-state index contributed by atoms with van der Waals surface area (Å²) in [5.41, 5.74) is 5.03. The Morgan fingerprint density at radius 2 is 2.00 bits per heavy atom. The fourth-order valence-electron chi connectivity index (χ4n) is 1.83. The van der Waals surface area contributed by atoms with Gasteiger partial charge in [-0.15, -0.1) is 0 Å². The molecule has 1 heterocycles. The van der Waals surface area contributed by atoms with Crippen LogP contribution in [0.4, 0.5) is 0 Å². The van der Waals surface area contributed by atoms with Gasteiger partial charge in [-0.3, -0.25) is 4.79 Å². The zero-order chi connectivity index (χ0) is 16.4. The smallest absolute Gasteiger partial charge is 0.352 e. The molecular weight excluding hydrogens is 298 g/mol. The minimum absolute atomic E-state index is 0.141. The summed E-state index contributed by atoms with van der Waals surface area (Å²) in [5.74, 6) is -2.35. The second kappa shape index (κ2) is 6.27. The molecule has 1 amide bonds. The van der Waals surface area contributed by atoms with E-state index in [2.05, 4.69) is 4.72 Å². The third-order valence-corrected chi connectivity index (χ3v) is 4.40. The van der Waals surface area contributed by atoms with Crippen molar-refractivity contribution in [3.63, 3.8) is 0 Å². The number of hydrogen-bond acceptors (Lipinski definition) is 4. The first-order valence-electron chi connectivity index (χ1n) is 6.35. The number of aromatic nitrogens is 1. The van der Waals surface area contributed by atoms with E-state index >= 15 is 0 Å². The van der Waals surface area contributed by atoms with E-state index in [9.17, 15) is 18.0 Å². The van der Waals surface area contributed by atoms with Crippen LogP contribution in [0, 0.1) is 5.92 Å². The van der Waals surface area contributed by atoms with Gasteiger partial charge in [0.05, 0.1) is 0 Å². The summed E-state index contributed by atoms with van der Waals surface area (Å²) in [6, 6.07) is -0.0136. The lowest BCUT2D eigenvalue weighted by Crippen LogP contribution is -2.47. The van der Waals surface area contributed by atoms with Crippen LogP contribution in [0.5, 0.6) is 0 Å². The summed E-state index contributed by atoms with van der Waals surface area (Å²) in [7, 11) is -4.03. The highest BCUT2D eigenvalue weighted by molar-refractivity contribution is 7.89. The van der Waals surface area contributed by atoms with Crippen molar-refractivity contribution in [2.45, 2.75) is 38.3 Å². The molecule has 1 atom stereocenters. The Balaban J connectivity index is 3.19. The van der Waals surface area contributed by atoms with Gasteiger partial charge in [-0.2, -0.15) is 4.72 Å². The van der Waals surface area contributed by atoms with Gasteiger partial charge in [0.25, 0.3) is 0 Å². The molecule has 8 nitrogen and oxygen atoms in total. The van der Waals surface area contributed by atoms with Crippen molar-refractivity contribution < 1.29 is 23.1 Å². The number of hydrogen-bond donors (Lipinski definition) is 3. The average molecular weight is 317 g/mol. The van der Waals surface area contributed by atoms with E-state index in [-0.39, 0.29) is 16.5 Å². The number of nitrogens with two attached hydrogens (primary N) is 1. The number of amides is 1. The molecule has 1 rings (SSSR count). The van der Waals surface area contributed by atoms with Crippen LogP contribution in [-0.4, -0.2) is 36.0 Å². The largest absolute Gasteiger partial charge is 0.477 e. The molecule has 0 radical (unpaired) electrons. The molecule has 0 aliphatic rings. The third kappa shape index (κ3) is 3.82. The molecule has 9 heteroatoms. The second-order valence-corrected chi connectivity index (χ2v) is 6.61. The maximum absolute atomic E-state index is 12.2. The van der Waals surface area contributed by atoms with Crippen LogP contribution in [0.1, 0.15) is 31.3 Å². The zero-order valence-electron chi connectivity index (χ0n) is 12.0. The minimum Gasteiger partial charge on any atom is -0.477 e. The summed E-state index contributed by atoms with van der Waals surface area (Å²) >= 11 is 0. The lowest BCUT2D eigenvalue weighted by Gasteiger charge is -2.18. The number of carboxylic acid groups (broad SMARTS) is 1. The lowest BCUT2D eigenvalue weighted by molar-refractivity contribution is -0.120. The Hall–Kier alpha value is -1.87. The van der Waals surface area contributed by atoms with Crippen molar-refractivity contribution in [3.8, 4) is 0 Å². The van der Waals surface area contributed by atoms with Crippen LogP contribution >= 0.6 is 0 Å². The van der Waals surface area contributed by atoms with Gasteiger partial charge in [-0.25, -0.2) is 13.2 Å². The number of carbonyl (C=O) groups is 2. The lowest BCUT2D eigenvalue weighted by atomic mass is 10.1. The third-order valence-electron chi connectivity index (χ3n) is 3.00. The first-order chi connectivity index (χ1) is 9.60. The molecule has 0 bridgehead atoms. The molecular formula is C12H19N3O5S. The number of sulfonamides is 1. The van der Waals surface area contributed by atoms with Crippen LogP contribution < -0.4 is 10.5 Å². The highest BCUT2D eigenvalue weighted by atomic mass is 32.2. The van der Waals surface area contributed by atoms with E-state index in [4.69, 9.17) is 10.8 Å². The highest BCUT2D eigenvalue weighted by Gasteiger charge is 2.28. The molecule has 0 aliphatic carbocycles. The van der Waals surface area contributed by atoms with Crippen molar-refractivity contribution in [3.05, 3.63) is 18.0 Å². The minimum atomic E-state index is -4.03. The van der Waals surface area contributed by atoms with Gasteiger partial charge in [-0.05, 0) is 18.9 Å². The van der Waals surface area contributed by atoms with Gasteiger partial charge < -0.3 is 15.4 Å². The van der Waals surface area contributed by atoms with Gasteiger partial charge in [0.2, 0.25) is 15.9 Å². The Bertz CT molecular complexity index is 648. The summed E-state index contributed by atoms with van der Waals surface area (Å²) < 4.78 is 28.0. The molecule has 1 unspecified atom stereocenters. The maximum Gasteiger partial charge on any atom is 0.352 e. The number of aromatic carboxylic acids is 1. The SMILES string of the molecule is CCn1cc(S(=O)(=O)NC(C(N)=O)C(C)C)cc1C(=O)O. The summed E-state index contributed by atoms with van der Waals surface area (Å²) in [4.78, 5) is 22.1. The topological polar surface area (TPSA) is 131 Å². The quantitative estimate of drug-likeness (QED) is 0.651. The number of carboxylic acids is 1. The number of carbonyl (C=O) groups excluding carboxylic acids is 1. The van der Waals surface area contributed by atoms with Crippen molar-refractivity contribution in [1.29, 1.82) is 0 Å². The average Bonchev–Trinajstić information content (AvgIpc) is 2.80. The van der Waals surface area contributed by atoms with Crippen LogP contribution in [0.25, 0.3) is 0 Å². The molecule has 1 aromatic heterocycles. The number of rotatable bonds is 7. The maximum atomic E-state index is 12.2. The molecule has 0 fully saturated rings.